The van der Waals surface area contributed by atoms with Crippen molar-refractivity contribution in [3.63, 3.8) is 0 Å². The van der Waals surface area contributed by atoms with Crippen LogP contribution in [0.2, 0.25) is 0 Å². The summed E-state index contributed by atoms with van der Waals surface area (Å²) in [5.74, 6) is 0.802. The Labute approximate surface area is 201 Å². The van der Waals surface area contributed by atoms with Crippen LogP contribution < -0.4 is 16.6 Å². The van der Waals surface area contributed by atoms with Gasteiger partial charge in [0.15, 0.2) is 5.65 Å². The molecule has 2 heterocycles. The number of benzene rings is 1. The van der Waals surface area contributed by atoms with Crippen molar-refractivity contribution in [3.05, 3.63) is 62.6 Å². The summed E-state index contributed by atoms with van der Waals surface area (Å²) in [5, 5.41) is 3.46. The summed E-state index contributed by atoms with van der Waals surface area (Å²) in [6.45, 7) is 3.92. The molecule has 1 amide bonds. The summed E-state index contributed by atoms with van der Waals surface area (Å²) in [6.07, 6.45) is 5.56. The lowest BCUT2D eigenvalue weighted by atomic mass is 10.0. The molecular formula is C25H29N5O3S. The van der Waals surface area contributed by atoms with Crippen molar-refractivity contribution < 1.29 is 4.79 Å². The maximum absolute atomic E-state index is 13.2. The number of nitrogens with one attached hydrogen (secondary N) is 2. The monoisotopic (exact) mass is 479 g/mol. The summed E-state index contributed by atoms with van der Waals surface area (Å²) in [7, 11) is 0. The maximum Gasteiger partial charge on any atom is 0.330 e. The van der Waals surface area contributed by atoms with E-state index in [9.17, 15) is 14.4 Å². The highest BCUT2D eigenvalue weighted by molar-refractivity contribution is 8.00. The summed E-state index contributed by atoms with van der Waals surface area (Å²) in [4.78, 5) is 50.4. The Balaban J connectivity index is 1.47. The lowest BCUT2D eigenvalue weighted by Crippen LogP contribution is -2.35. The number of carbonyl (C=O) groups excluding carboxylic acids is 1. The largest absolute Gasteiger partial charge is 0.348 e. The molecule has 0 spiro atoms. The van der Waals surface area contributed by atoms with Crippen LogP contribution in [-0.4, -0.2) is 30.7 Å². The van der Waals surface area contributed by atoms with Crippen LogP contribution in [0.4, 0.5) is 0 Å². The van der Waals surface area contributed by atoms with E-state index in [1.165, 1.54) is 11.8 Å². The Morgan fingerprint density at radius 3 is 2.56 bits per heavy atom. The maximum atomic E-state index is 13.2. The molecule has 34 heavy (non-hydrogen) atoms. The number of hydrogen-bond donors (Lipinski definition) is 2. The van der Waals surface area contributed by atoms with E-state index in [0.29, 0.717) is 21.9 Å². The van der Waals surface area contributed by atoms with Crippen LogP contribution >= 0.6 is 11.8 Å². The van der Waals surface area contributed by atoms with Crippen molar-refractivity contribution in [3.8, 4) is 0 Å². The van der Waals surface area contributed by atoms with Crippen LogP contribution in [0.1, 0.15) is 81.8 Å². The second-order valence-corrected chi connectivity index (χ2v) is 10.6. The van der Waals surface area contributed by atoms with Crippen molar-refractivity contribution >= 4 is 28.7 Å². The molecule has 8 nitrogen and oxygen atoms in total. The molecule has 0 bridgehead atoms. The molecule has 0 aliphatic heterocycles. The number of thioether (sulfide) groups is 1. The van der Waals surface area contributed by atoms with Gasteiger partial charge in [-0.15, -0.1) is 0 Å². The fourth-order valence-corrected chi connectivity index (χ4v) is 5.18. The van der Waals surface area contributed by atoms with E-state index < -0.39 is 16.5 Å². The molecule has 3 aromatic rings. The standard InChI is InChI=1S/C25H29N5O3S/c1-3-7-18(15-8-5-4-6-9-15)26-22(31)14(2)34-24-19-21(27-20(28-24)16-10-11-16)30(17-12-13-17)25(33)29-23(19)32/h4-6,8-9,14,16-18H,3,7,10-13H2,1-2H3,(H,26,31)(H,29,32,33)/t14-,18-/m0/s1. The molecule has 0 saturated heterocycles. The highest BCUT2D eigenvalue weighted by Crippen LogP contribution is 2.41. The van der Waals surface area contributed by atoms with Crippen molar-refractivity contribution in [2.45, 2.75) is 80.6 Å². The molecular weight excluding hydrogens is 450 g/mol. The Kier molecular flexibility index (Phi) is 6.29. The Morgan fingerprint density at radius 2 is 1.91 bits per heavy atom. The van der Waals surface area contributed by atoms with Crippen LogP contribution in [0, 0.1) is 0 Å². The van der Waals surface area contributed by atoms with E-state index in [1.54, 1.807) is 4.57 Å². The first kappa shape index (κ1) is 22.8. The fourth-order valence-electron chi connectivity index (χ4n) is 4.22. The number of amides is 1. The van der Waals surface area contributed by atoms with Gasteiger partial charge in [-0.3, -0.25) is 19.1 Å². The van der Waals surface area contributed by atoms with Gasteiger partial charge < -0.3 is 5.32 Å². The van der Waals surface area contributed by atoms with Gasteiger partial charge in [0.25, 0.3) is 5.56 Å². The predicted octanol–water partition coefficient (Wildman–Crippen LogP) is 3.83. The first-order chi connectivity index (χ1) is 16.5. The number of carbonyl (C=O) groups is 1. The SMILES string of the molecule is CCC[C@H](NC(=O)[C@H](C)Sc1nc(C2CC2)nc2c1c(=O)[nH]c(=O)n2C1CC1)c1ccccc1. The first-order valence-electron chi connectivity index (χ1n) is 12.0. The number of aromatic nitrogens is 4. The minimum atomic E-state index is -0.498. The summed E-state index contributed by atoms with van der Waals surface area (Å²) in [6, 6.07) is 9.94. The second kappa shape index (κ2) is 9.37. The average Bonchev–Trinajstić information content (AvgIpc) is 3.72. The van der Waals surface area contributed by atoms with Crippen molar-refractivity contribution in [1.29, 1.82) is 0 Å². The summed E-state index contributed by atoms with van der Waals surface area (Å²) < 4.78 is 1.60. The molecule has 1 aromatic carbocycles. The zero-order chi connectivity index (χ0) is 23.8. The van der Waals surface area contributed by atoms with E-state index >= 15 is 0 Å². The van der Waals surface area contributed by atoms with Gasteiger partial charge in [0.2, 0.25) is 5.91 Å². The van der Waals surface area contributed by atoms with Gasteiger partial charge >= 0.3 is 5.69 Å². The molecule has 2 atom stereocenters. The van der Waals surface area contributed by atoms with Crippen molar-refractivity contribution in [2.24, 2.45) is 0 Å². The quantitative estimate of drug-likeness (QED) is 0.357. The molecule has 2 saturated carbocycles. The van der Waals surface area contributed by atoms with E-state index in [4.69, 9.17) is 4.98 Å². The molecule has 2 N–H and O–H groups in total. The second-order valence-electron chi connectivity index (χ2n) is 9.24. The van der Waals surface area contributed by atoms with Gasteiger partial charge in [-0.2, -0.15) is 0 Å². The van der Waals surface area contributed by atoms with E-state index in [1.807, 2.05) is 37.3 Å². The van der Waals surface area contributed by atoms with Crippen LogP contribution in [0.5, 0.6) is 0 Å². The Morgan fingerprint density at radius 1 is 1.18 bits per heavy atom. The summed E-state index contributed by atoms with van der Waals surface area (Å²) in [5.41, 5.74) is 0.551. The van der Waals surface area contributed by atoms with Crippen LogP contribution in [-0.2, 0) is 4.79 Å². The van der Waals surface area contributed by atoms with Gasteiger partial charge in [-0.25, -0.2) is 14.8 Å². The van der Waals surface area contributed by atoms with Crippen LogP contribution in [0.3, 0.4) is 0 Å². The minimum Gasteiger partial charge on any atom is -0.348 e. The molecule has 0 radical (unpaired) electrons. The topological polar surface area (TPSA) is 110 Å². The molecule has 0 unspecified atom stereocenters. The average molecular weight is 480 g/mol. The first-order valence-corrected chi connectivity index (χ1v) is 12.9. The molecule has 9 heteroatoms. The molecule has 2 aliphatic rings. The molecule has 2 aliphatic carbocycles. The number of fused-ring (bicyclic) bond motifs is 1. The lowest BCUT2D eigenvalue weighted by Gasteiger charge is -2.21. The third kappa shape index (κ3) is 4.66. The summed E-state index contributed by atoms with van der Waals surface area (Å²) >= 11 is 1.26. The van der Waals surface area contributed by atoms with Gasteiger partial charge in [-0.1, -0.05) is 55.4 Å². The third-order valence-corrected chi connectivity index (χ3v) is 7.46. The van der Waals surface area contributed by atoms with Crippen LogP contribution in [0.25, 0.3) is 11.0 Å². The number of aromatic amines is 1. The van der Waals surface area contributed by atoms with Gasteiger partial charge in [-0.05, 0) is 44.6 Å². The molecule has 178 valence electrons. The Bertz CT molecular complexity index is 1330. The van der Waals surface area contributed by atoms with Gasteiger partial charge in [0.05, 0.1) is 11.3 Å². The highest BCUT2D eigenvalue weighted by Gasteiger charge is 2.33. The highest BCUT2D eigenvalue weighted by atomic mass is 32.2. The van der Waals surface area contributed by atoms with E-state index in [-0.39, 0.29) is 23.9 Å². The third-order valence-electron chi connectivity index (χ3n) is 6.38. The molecule has 5 rings (SSSR count). The smallest absolute Gasteiger partial charge is 0.330 e. The molecule has 2 aromatic heterocycles. The zero-order valence-electron chi connectivity index (χ0n) is 19.4. The fraction of sp³-hybridized carbons (Fsp3) is 0.480. The predicted molar refractivity (Wildman–Crippen MR) is 132 cm³/mol. The Hall–Kier alpha value is -2.94. The van der Waals surface area contributed by atoms with Crippen molar-refractivity contribution in [1.82, 2.24) is 24.8 Å². The van der Waals surface area contributed by atoms with Crippen LogP contribution in [0.15, 0.2) is 44.9 Å². The van der Waals surface area contributed by atoms with Gasteiger partial charge in [0, 0.05) is 12.0 Å². The number of nitrogens with zero attached hydrogens (tertiary/aromatic N) is 3. The molecule has 2 fully saturated rings. The van der Waals surface area contributed by atoms with E-state index in [0.717, 1.165) is 44.1 Å². The minimum absolute atomic E-state index is 0.0630. The normalized spacial score (nSPS) is 17.5. The zero-order valence-corrected chi connectivity index (χ0v) is 20.2. The number of hydrogen-bond acceptors (Lipinski definition) is 6. The number of rotatable bonds is 9. The lowest BCUT2D eigenvalue weighted by molar-refractivity contribution is -0.121. The van der Waals surface area contributed by atoms with Gasteiger partial charge in [0.1, 0.15) is 16.2 Å². The number of H-pyrrole nitrogens is 1. The van der Waals surface area contributed by atoms with E-state index in [2.05, 4.69) is 22.2 Å². The van der Waals surface area contributed by atoms with Crippen molar-refractivity contribution in [2.75, 3.05) is 0 Å².